The van der Waals surface area contributed by atoms with Gasteiger partial charge in [-0.1, -0.05) is 50.3 Å². The number of hydrogen-bond donors (Lipinski definition) is 5. The number of nitrogens with zero attached hydrogens (tertiary/aromatic N) is 8. The number of likely N-dealkylation sites (N-methyl/N-ethyl adjacent to an activating group) is 2. The largest absolute Gasteiger partial charge is 0.459 e. The third kappa shape index (κ3) is 13.9. The van der Waals surface area contributed by atoms with Crippen LogP contribution in [0.4, 0.5) is 0 Å². The van der Waals surface area contributed by atoms with Crippen LogP contribution in [0.1, 0.15) is 125 Å². The van der Waals surface area contributed by atoms with Gasteiger partial charge in [-0.2, -0.15) is 0 Å². The van der Waals surface area contributed by atoms with Crippen LogP contribution >= 0.6 is 0 Å². The van der Waals surface area contributed by atoms with Gasteiger partial charge in [0.1, 0.15) is 30.0 Å². The number of esters is 1. The fourth-order valence-corrected chi connectivity index (χ4v) is 12.1. The summed E-state index contributed by atoms with van der Waals surface area (Å²) in [6.45, 7) is 21.7. The second-order valence-corrected chi connectivity index (χ2v) is 22.9. The maximum atomic E-state index is 14.6. The summed E-state index contributed by atoms with van der Waals surface area (Å²) in [4.78, 5) is 18.7. The monoisotopic (exact) mass is 1030 g/mol. The van der Waals surface area contributed by atoms with Crippen molar-refractivity contribution in [3.05, 3.63) is 53.6 Å². The Labute approximate surface area is 433 Å². The third-order valence-corrected chi connectivity index (χ3v) is 16.7. The zero-order valence-electron chi connectivity index (χ0n) is 46.2. The fraction of sp³-hybridized carbons (Fsp3) is 0.796. The van der Waals surface area contributed by atoms with Gasteiger partial charge < -0.3 is 59.0 Å². The second kappa shape index (κ2) is 24.7. The zero-order valence-corrected chi connectivity index (χ0v) is 46.2. The molecule has 412 valence electrons. The Kier molecular flexibility index (Phi) is 19.9. The number of cyclic esters (lactones) is 1. The Morgan fingerprint density at radius 2 is 1.60 bits per heavy atom. The van der Waals surface area contributed by atoms with Crippen molar-refractivity contribution >= 4 is 5.97 Å². The van der Waals surface area contributed by atoms with E-state index in [0.29, 0.717) is 25.9 Å². The van der Waals surface area contributed by atoms with Crippen molar-refractivity contribution < 1.29 is 54.0 Å². The van der Waals surface area contributed by atoms with E-state index >= 15 is 0 Å². The van der Waals surface area contributed by atoms with Gasteiger partial charge in [0, 0.05) is 63.8 Å². The molecule has 2 aromatic heterocycles. The fourth-order valence-electron chi connectivity index (χ4n) is 12.1. The first-order valence-corrected chi connectivity index (χ1v) is 26.8. The minimum atomic E-state index is -1.81. The molecule has 5 heterocycles. The van der Waals surface area contributed by atoms with Crippen molar-refractivity contribution in [2.45, 2.75) is 218 Å². The Hall–Kier alpha value is -3.47. The molecule has 19 nitrogen and oxygen atoms in total. The number of ether oxygens (including phenoxy) is 5. The number of unbranched alkanes of at least 4 members (excludes halogenated alkanes) is 1. The minimum Gasteiger partial charge on any atom is -0.459 e. The topological polar surface area (TPSA) is 232 Å². The molecule has 0 spiro atoms. The molecule has 3 aliphatic rings. The number of benzene rings is 1. The van der Waals surface area contributed by atoms with Crippen LogP contribution in [0.25, 0.3) is 5.69 Å². The van der Waals surface area contributed by atoms with Gasteiger partial charge >= 0.3 is 5.97 Å². The van der Waals surface area contributed by atoms with Gasteiger partial charge in [0.2, 0.25) is 0 Å². The SMILES string of the molecule is CC[C@H]1OC(=O)[C@H](C)C([C@H]2C[C@@](C)(OC)[C@@H](O)[C@H](C)O2)[C@H](C)[C@@H](O[C@@H]2O[C@H](C)C[C@H](N(C)CCc3cn(CCCCc4ccc(-n5cc(C)nn5)cc4)nn3)[C@H]2O)[C@](C)(O)C[C@@H](C)CN(C)[C@H](C)[C@@H](O)[C@]1(C)O. The molecule has 0 bridgehead atoms. The van der Waals surface area contributed by atoms with Gasteiger partial charge in [-0.25, -0.2) is 4.68 Å². The van der Waals surface area contributed by atoms with Gasteiger partial charge in [-0.3, -0.25) is 9.48 Å². The number of carbonyl (C=O) groups excluding carboxylic acids is 1. The van der Waals surface area contributed by atoms with Crippen LogP contribution in [0.15, 0.2) is 36.7 Å². The van der Waals surface area contributed by atoms with Crippen molar-refractivity contribution in [3.8, 4) is 5.69 Å². The Bertz CT molecular complexity index is 2190. The van der Waals surface area contributed by atoms with Crippen LogP contribution < -0.4 is 0 Å². The van der Waals surface area contributed by atoms with Crippen LogP contribution in [0, 0.1) is 30.6 Å². The highest BCUT2D eigenvalue weighted by atomic mass is 16.7. The number of rotatable bonds is 15. The normalized spacial score (nSPS) is 38.7. The highest BCUT2D eigenvalue weighted by Crippen LogP contribution is 2.45. The highest BCUT2D eigenvalue weighted by Gasteiger charge is 2.55. The van der Waals surface area contributed by atoms with Crippen molar-refractivity contribution in [1.29, 1.82) is 0 Å². The van der Waals surface area contributed by atoms with Crippen molar-refractivity contribution in [2.24, 2.45) is 23.7 Å². The molecule has 5 N–H and O–H groups in total. The smallest absolute Gasteiger partial charge is 0.309 e. The summed E-state index contributed by atoms with van der Waals surface area (Å²) in [7, 11) is 5.37. The molecule has 6 rings (SSSR count). The first-order valence-electron chi connectivity index (χ1n) is 26.8. The molecule has 3 aliphatic heterocycles. The van der Waals surface area contributed by atoms with Crippen molar-refractivity contribution in [3.63, 3.8) is 0 Å². The number of aliphatic hydroxyl groups is 5. The number of aryl methyl sites for hydroxylation is 3. The number of aliphatic hydroxyl groups excluding tert-OH is 3. The average molecular weight is 1030 g/mol. The molecule has 3 fully saturated rings. The van der Waals surface area contributed by atoms with E-state index in [9.17, 15) is 30.3 Å². The van der Waals surface area contributed by atoms with E-state index in [1.807, 2.05) is 77.6 Å². The lowest BCUT2D eigenvalue weighted by molar-refractivity contribution is -0.302. The second-order valence-electron chi connectivity index (χ2n) is 22.9. The summed E-state index contributed by atoms with van der Waals surface area (Å²) in [6.07, 6.45) is 0.201. The predicted molar refractivity (Wildman–Crippen MR) is 274 cm³/mol. The average Bonchev–Trinajstić information content (AvgIpc) is 4.00. The summed E-state index contributed by atoms with van der Waals surface area (Å²) >= 11 is 0. The summed E-state index contributed by atoms with van der Waals surface area (Å²) in [5, 5.41) is 77.3. The zero-order chi connectivity index (χ0) is 53.7. The van der Waals surface area contributed by atoms with Crippen LogP contribution in [0.2, 0.25) is 0 Å². The summed E-state index contributed by atoms with van der Waals surface area (Å²) in [5.74, 6) is -3.09. The van der Waals surface area contributed by atoms with Gasteiger partial charge in [0.25, 0.3) is 0 Å². The molecule has 73 heavy (non-hydrogen) atoms. The van der Waals surface area contributed by atoms with E-state index in [1.54, 1.807) is 39.5 Å². The molecule has 3 saturated heterocycles. The number of aromatic nitrogens is 6. The number of carbonyl (C=O) groups is 1. The Morgan fingerprint density at radius 1 is 0.904 bits per heavy atom. The number of hydrogen-bond acceptors (Lipinski definition) is 17. The minimum absolute atomic E-state index is 0.163. The van der Waals surface area contributed by atoms with Crippen molar-refractivity contribution in [2.75, 3.05) is 34.3 Å². The summed E-state index contributed by atoms with van der Waals surface area (Å²) in [6, 6.07) is 7.46. The first-order chi connectivity index (χ1) is 34.3. The van der Waals surface area contributed by atoms with Gasteiger partial charge in [-0.05, 0) is 131 Å². The molecule has 1 unspecified atom stereocenters. The standard InChI is InChI=1S/C54H90N8O11/c1-15-44-54(11,68)47(64)37(7)60(13)29-32(2)27-52(9,67)49(35(5)45(36(6)50(66)72-44)43-28-53(10,69-14)48(65)38(8)71-43)73-51-46(63)42(26-34(4)70-51)59(12)25-23-40-31-61(57-56-40)24-17-16-18-39-19-21-41(22-20-39)62-30-33(3)55-58-62/h19-22,30-32,34-38,42-49,51,63-65,67-68H,15-18,23-29H2,1-14H3/t32-,34-,35+,36-,37-,38+,42+,43-,44-,45?,46-,47-,48+,49-,51+,52-,53-,54-/m1/s1. The molecule has 0 radical (unpaired) electrons. The Morgan fingerprint density at radius 3 is 2.25 bits per heavy atom. The highest BCUT2D eigenvalue weighted by molar-refractivity contribution is 5.73. The summed E-state index contributed by atoms with van der Waals surface area (Å²) in [5.41, 5.74) is -0.470. The van der Waals surface area contributed by atoms with E-state index in [4.69, 9.17) is 23.7 Å². The van der Waals surface area contributed by atoms with Crippen LogP contribution in [-0.4, -0.2) is 190 Å². The van der Waals surface area contributed by atoms with Gasteiger partial charge in [0.15, 0.2) is 6.29 Å². The lowest BCUT2D eigenvalue weighted by Gasteiger charge is -2.51. The van der Waals surface area contributed by atoms with Crippen molar-refractivity contribution in [1.82, 2.24) is 39.8 Å². The van der Waals surface area contributed by atoms with E-state index in [-0.39, 0.29) is 37.3 Å². The molecule has 19 heteroatoms. The van der Waals surface area contributed by atoms with Gasteiger partial charge in [-0.15, -0.1) is 10.2 Å². The molecule has 1 aromatic carbocycles. The molecule has 3 aromatic rings. The molecular formula is C54H90N8O11. The lowest BCUT2D eigenvalue weighted by Crippen LogP contribution is -2.62. The Balaban J connectivity index is 1.19. The van der Waals surface area contributed by atoms with E-state index in [1.165, 1.54) is 12.5 Å². The van der Waals surface area contributed by atoms with E-state index < -0.39 is 95.6 Å². The quantitative estimate of drug-likeness (QED) is 0.106. The maximum Gasteiger partial charge on any atom is 0.309 e. The number of methoxy groups -OCH3 is 1. The molecule has 18 atom stereocenters. The van der Waals surface area contributed by atoms with Crippen LogP contribution in [-0.2, 0) is 47.9 Å². The lowest BCUT2D eigenvalue weighted by atomic mass is 9.68. The molecule has 0 saturated carbocycles. The predicted octanol–water partition coefficient (Wildman–Crippen LogP) is 4.29. The third-order valence-electron chi connectivity index (χ3n) is 16.7. The first kappa shape index (κ1) is 58.8. The van der Waals surface area contributed by atoms with E-state index in [2.05, 4.69) is 49.8 Å². The van der Waals surface area contributed by atoms with Gasteiger partial charge in [0.05, 0.1) is 64.8 Å². The molecule has 0 aliphatic carbocycles. The van der Waals surface area contributed by atoms with Crippen LogP contribution in [0.3, 0.4) is 0 Å². The molecule has 0 amide bonds. The summed E-state index contributed by atoms with van der Waals surface area (Å²) < 4.78 is 35.9. The maximum absolute atomic E-state index is 14.6. The van der Waals surface area contributed by atoms with E-state index in [0.717, 1.165) is 42.9 Å². The molecular weight excluding hydrogens is 937 g/mol. The van der Waals surface area contributed by atoms with Crippen LogP contribution in [0.5, 0.6) is 0 Å².